The van der Waals surface area contributed by atoms with Gasteiger partial charge in [-0.15, -0.1) is 0 Å². The second kappa shape index (κ2) is 4.91. The van der Waals surface area contributed by atoms with Gasteiger partial charge in [-0.25, -0.2) is 8.42 Å². The van der Waals surface area contributed by atoms with Crippen LogP contribution in [0.4, 0.5) is 5.69 Å². The molecule has 0 aliphatic carbocycles. The predicted octanol–water partition coefficient (Wildman–Crippen LogP) is 3.21. The number of H-pyrrole nitrogens is 1. The zero-order valence-electron chi connectivity index (χ0n) is 11.0. The fourth-order valence-corrected chi connectivity index (χ4v) is 4.30. The molecule has 0 unspecified atom stereocenters. The molecule has 106 valence electrons. The Morgan fingerprint density at radius 3 is 2.81 bits per heavy atom. The zero-order valence-corrected chi connectivity index (χ0v) is 12.7. The van der Waals surface area contributed by atoms with Gasteiger partial charge in [-0.05, 0) is 30.0 Å². The standard InChI is InChI=1S/C14H11N3O2S2/c1-9-2-3-12(14-13(9)10(6-15)7-16-14)17-21(18,19)11-4-5-20-8-11/h2-5,7-8,16-17H,1H3. The van der Waals surface area contributed by atoms with E-state index in [0.29, 0.717) is 16.8 Å². The molecule has 0 saturated carbocycles. The fourth-order valence-electron chi connectivity index (χ4n) is 2.20. The maximum atomic E-state index is 12.3. The van der Waals surface area contributed by atoms with Gasteiger partial charge in [-0.3, -0.25) is 4.72 Å². The Hall–Kier alpha value is -2.30. The van der Waals surface area contributed by atoms with Gasteiger partial charge < -0.3 is 4.98 Å². The van der Waals surface area contributed by atoms with Crippen molar-refractivity contribution in [2.24, 2.45) is 0 Å². The number of sulfonamides is 1. The number of nitrogens with one attached hydrogen (secondary N) is 2. The molecule has 0 aliphatic heterocycles. The first-order valence-corrected chi connectivity index (χ1v) is 8.51. The summed E-state index contributed by atoms with van der Waals surface area (Å²) in [5, 5.41) is 13.1. The minimum Gasteiger partial charge on any atom is -0.358 e. The van der Waals surface area contributed by atoms with Crippen LogP contribution in [0.25, 0.3) is 10.9 Å². The fraction of sp³-hybridized carbons (Fsp3) is 0.0714. The lowest BCUT2D eigenvalue weighted by atomic mass is 10.1. The van der Waals surface area contributed by atoms with Crippen LogP contribution in [-0.4, -0.2) is 13.4 Å². The summed E-state index contributed by atoms with van der Waals surface area (Å²) in [7, 11) is -3.61. The third-order valence-electron chi connectivity index (χ3n) is 3.21. The third kappa shape index (κ3) is 2.28. The van der Waals surface area contributed by atoms with Crippen molar-refractivity contribution in [2.75, 3.05) is 4.72 Å². The first-order chi connectivity index (χ1) is 10.0. The molecule has 0 bridgehead atoms. The highest BCUT2D eigenvalue weighted by atomic mass is 32.2. The molecular weight excluding hydrogens is 306 g/mol. The van der Waals surface area contributed by atoms with E-state index in [1.165, 1.54) is 11.3 Å². The number of thiophene rings is 1. The van der Waals surface area contributed by atoms with Gasteiger partial charge in [0.2, 0.25) is 0 Å². The average Bonchev–Trinajstić information content (AvgIpc) is 3.10. The Labute approximate surface area is 125 Å². The SMILES string of the molecule is Cc1ccc(NS(=O)(=O)c2ccsc2)c2[nH]cc(C#N)c12. The number of nitrogens with zero attached hydrogens (tertiary/aromatic N) is 1. The highest BCUT2D eigenvalue weighted by molar-refractivity contribution is 7.92. The minimum absolute atomic E-state index is 0.230. The van der Waals surface area contributed by atoms with Crippen molar-refractivity contribution in [1.29, 1.82) is 5.26 Å². The smallest absolute Gasteiger partial charge is 0.262 e. The van der Waals surface area contributed by atoms with Crippen molar-refractivity contribution in [1.82, 2.24) is 4.98 Å². The lowest BCUT2D eigenvalue weighted by molar-refractivity contribution is 0.601. The Kier molecular flexibility index (Phi) is 3.20. The molecule has 3 rings (SSSR count). The van der Waals surface area contributed by atoms with Gasteiger partial charge in [0.15, 0.2) is 0 Å². The Morgan fingerprint density at radius 1 is 1.33 bits per heavy atom. The highest BCUT2D eigenvalue weighted by Crippen LogP contribution is 2.30. The zero-order chi connectivity index (χ0) is 15.0. The van der Waals surface area contributed by atoms with Crippen LogP contribution in [0.15, 0.2) is 40.1 Å². The molecule has 0 radical (unpaired) electrons. The number of fused-ring (bicyclic) bond motifs is 1. The van der Waals surface area contributed by atoms with Crippen molar-refractivity contribution in [3.63, 3.8) is 0 Å². The van der Waals surface area contributed by atoms with E-state index in [2.05, 4.69) is 15.8 Å². The number of aromatic nitrogens is 1. The van der Waals surface area contributed by atoms with E-state index in [-0.39, 0.29) is 4.90 Å². The summed E-state index contributed by atoms with van der Waals surface area (Å²) in [6.07, 6.45) is 1.58. The minimum atomic E-state index is -3.61. The molecule has 0 amide bonds. The van der Waals surface area contributed by atoms with Crippen LogP contribution < -0.4 is 4.72 Å². The molecule has 21 heavy (non-hydrogen) atoms. The van der Waals surface area contributed by atoms with Crippen LogP contribution in [-0.2, 0) is 10.0 Å². The van der Waals surface area contributed by atoms with Gasteiger partial charge in [-0.2, -0.15) is 16.6 Å². The van der Waals surface area contributed by atoms with E-state index >= 15 is 0 Å². The van der Waals surface area contributed by atoms with Crippen LogP contribution in [0.5, 0.6) is 0 Å². The van der Waals surface area contributed by atoms with E-state index in [1.54, 1.807) is 35.2 Å². The van der Waals surface area contributed by atoms with Gasteiger partial charge in [0.25, 0.3) is 10.0 Å². The molecule has 5 nitrogen and oxygen atoms in total. The first kappa shape index (κ1) is 13.7. The summed E-state index contributed by atoms with van der Waals surface area (Å²) in [5.74, 6) is 0. The molecule has 0 saturated heterocycles. The molecule has 0 fully saturated rings. The summed E-state index contributed by atoms with van der Waals surface area (Å²) < 4.78 is 27.1. The molecule has 2 aromatic heterocycles. The number of aromatic amines is 1. The van der Waals surface area contributed by atoms with Crippen LogP contribution in [0, 0.1) is 18.3 Å². The molecule has 7 heteroatoms. The van der Waals surface area contributed by atoms with Crippen molar-refractivity contribution in [3.05, 3.63) is 46.3 Å². The van der Waals surface area contributed by atoms with E-state index in [4.69, 9.17) is 5.26 Å². The quantitative estimate of drug-likeness (QED) is 0.777. The summed E-state index contributed by atoms with van der Waals surface area (Å²) in [6, 6.07) is 7.14. The number of rotatable bonds is 3. The Bertz CT molecular complexity index is 948. The maximum absolute atomic E-state index is 12.3. The largest absolute Gasteiger partial charge is 0.358 e. The number of hydrogen-bond donors (Lipinski definition) is 2. The Morgan fingerprint density at radius 2 is 2.14 bits per heavy atom. The molecule has 1 aromatic carbocycles. The van der Waals surface area contributed by atoms with Crippen LogP contribution >= 0.6 is 11.3 Å². The normalized spacial score (nSPS) is 11.4. The number of benzene rings is 1. The van der Waals surface area contributed by atoms with E-state index in [9.17, 15) is 8.42 Å². The average molecular weight is 317 g/mol. The number of anilines is 1. The van der Waals surface area contributed by atoms with Crippen molar-refractivity contribution >= 4 is 38.0 Å². The Balaban J connectivity index is 2.13. The maximum Gasteiger partial charge on any atom is 0.262 e. The number of hydrogen-bond acceptors (Lipinski definition) is 4. The summed E-state index contributed by atoms with van der Waals surface area (Å²) in [5.41, 5.74) is 2.47. The second-order valence-corrected chi connectivity index (χ2v) is 7.02. The molecular formula is C14H11N3O2S2. The van der Waals surface area contributed by atoms with Gasteiger partial charge in [0.1, 0.15) is 6.07 Å². The van der Waals surface area contributed by atoms with Gasteiger partial charge in [0, 0.05) is 17.0 Å². The molecule has 0 spiro atoms. The molecule has 2 N–H and O–H groups in total. The lowest BCUT2D eigenvalue weighted by Crippen LogP contribution is -2.12. The second-order valence-electron chi connectivity index (χ2n) is 4.56. The third-order valence-corrected chi connectivity index (χ3v) is 5.41. The summed E-state index contributed by atoms with van der Waals surface area (Å²) in [4.78, 5) is 3.20. The monoisotopic (exact) mass is 317 g/mol. The number of nitriles is 1. The topological polar surface area (TPSA) is 85.8 Å². The van der Waals surface area contributed by atoms with Crippen LogP contribution in [0.3, 0.4) is 0 Å². The van der Waals surface area contributed by atoms with Crippen molar-refractivity contribution < 1.29 is 8.42 Å². The van der Waals surface area contributed by atoms with Crippen molar-refractivity contribution in [3.8, 4) is 6.07 Å². The highest BCUT2D eigenvalue weighted by Gasteiger charge is 2.17. The molecule has 3 aromatic rings. The summed E-state index contributed by atoms with van der Waals surface area (Å²) >= 11 is 1.32. The van der Waals surface area contributed by atoms with Gasteiger partial charge in [-0.1, -0.05) is 6.07 Å². The van der Waals surface area contributed by atoms with E-state index in [1.807, 2.05) is 6.92 Å². The number of aryl methyl sites for hydroxylation is 1. The van der Waals surface area contributed by atoms with Crippen LogP contribution in [0.2, 0.25) is 0 Å². The molecule has 0 atom stereocenters. The van der Waals surface area contributed by atoms with E-state index in [0.717, 1.165) is 10.9 Å². The lowest BCUT2D eigenvalue weighted by Gasteiger charge is -2.09. The molecule has 2 heterocycles. The van der Waals surface area contributed by atoms with Crippen LogP contribution in [0.1, 0.15) is 11.1 Å². The molecule has 0 aliphatic rings. The van der Waals surface area contributed by atoms with Crippen molar-refractivity contribution in [2.45, 2.75) is 11.8 Å². The summed E-state index contributed by atoms with van der Waals surface area (Å²) in [6.45, 7) is 1.88. The van der Waals surface area contributed by atoms with Gasteiger partial charge in [0.05, 0.1) is 21.7 Å². The van der Waals surface area contributed by atoms with E-state index < -0.39 is 10.0 Å². The van der Waals surface area contributed by atoms with Gasteiger partial charge >= 0.3 is 0 Å². The predicted molar refractivity (Wildman–Crippen MR) is 82.9 cm³/mol. The first-order valence-electron chi connectivity index (χ1n) is 6.09.